The highest BCUT2D eigenvalue weighted by Gasteiger charge is 2.39. The fraction of sp³-hybridized carbons (Fsp3) is 0.500. The number of carbonyl (C=O) groups excluding carboxylic acids is 1. The number of benzene rings is 1. The van der Waals surface area contributed by atoms with E-state index in [1.807, 2.05) is 18.2 Å². The van der Waals surface area contributed by atoms with Crippen LogP contribution in [0.2, 0.25) is 5.02 Å². The Morgan fingerprint density at radius 3 is 2.67 bits per heavy atom. The molecule has 0 aliphatic heterocycles. The summed E-state index contributed by atoms with van der Waals surface area (Å²) < 4.78 is 5.70. The smallest absolute Gasteiger partial charge is 0.235 e. The molecule has 0 amide bonds. The largest absolute Gasteiger partial charge is 0.489 e. The van der Waals surface area contributed by atoms with Crippen LogP contribution in [0.5, 0.6) is 5.75 Å². The maximum Gasteiger partial charge on any atom is 0.235 e. The molecule has 0 unspecified atom stereocenters. The van der Waals surface area contributed by atoms with Gasteiger partial charge in [0.2, 0.25) is 6.08 Å². The van der Waals surface area contributed by atoms with Crippen molar-refractivity contribution in [2.24, 2.45) is 4.99 Å². The minimum Gasteiger partial charge on any atom is -0.489 e. The van der Waals surface area contributed by atoms with Gasteiger partial charge in [-0.3, -0.25) is 0 Å². The molecular weight excluding hydrogens is 250 g/mol. The molecule has 0 aromatic heterocycles. The molecule has 18 heavy (non-hydrogen) atoms. The summed E-state index contributed by atoms with van der Waals surface area (Å²) in [6.07, 6.45) is 7.10. The van der Waals surface area contributed by atoms with Gasteiger partial charge in [-0.1, -0.05) is 17.7 Å². The Kier molecular flexibility index (Phi) is 2.89. The maximum atomic E-state index is 10.5. The number of aliphatic imine (C=N–C) groups is 1. The van der Waals surface area contributed by atoms with Crippen LogP contribution in [0.25, 0.3) is 0 Å². The Bertz CT molecular complexity index is 515. The molecule has 0 saturated heterocycles. The van der Waals surface area contributed by atoms with E-state index in [1.165, 1.54) is 0 Å². The minimum atomic E-state index is -0.385. The molecule has 94 valence electrons. The van der Waals surface area contributed by atoms with E-state index in [4.69, 9.17) is 16.3 Å². The summed E-state index contributed by atoms with van der Waals surface area (Å²) in [4.78, 5) is 14.5. The molecular formula is C14H14ClNO2. The van der Waals surface area contributed by atoms with Crippen molar-refractivity contribution in [2.45, 2.75) is 43.7 Å². The average Bonchev–Trinajstić information content (AvgIpc) is 3.10. The zero-order chi connectivity index (χ0) is 12.6. The highest BCUT2D eigenvalue weighted by molar-refractivity contribution is 6.32. The van der Waals surface area contributed by atoms with E-state index in [9.17, 15) is 4.79 Å². The van der Waals surface area contributed by atoms with Gasteiger partial charge in [0, 0.05) is 0 Å². The van der Waals surface area contributed by atoms with Gasteiger partial charge in [0.15, 0.2) is 0 Å². The lowest BCUT2D eigenvalue weighted by molar-refractivity contribution is 0.255. The first-order valence-corrected chi connectivity index (χ1v) is 6.67. The van der Waals surface area contributed by atoms with Crippen LogP contribution in [-0.2, 0) is 10.3 Å². The van der Waals surface area contributed by atoms with Gasteiger partial charge in [-0.2, -0.15) is 4.99 Å². The zero-order valence-corrected chi connectivity index (χ0v) is 10.7. The Morgan fingerprint density at radius 2 is 2.17 bits per heavy atom. The molecule has 2 saturated carbocycles. The highest BCUT2D eigenvalue weighted by atomic mass is 35.5. The second-order valence-corrected chi connectivity index (χ2v) is 5.46. The molecule has 0 heterocycles. The van der Waals surface area contributed by atoms with Crippen LogP contribution in [0.4, 0.5) is 0 Å². The van der Waals surface area contributed by atoms with Crippen LogP contribution in [0, 0.1) is 0 Å². The first kappa shape index (κ1) is 11.8. The van der Waals surface area contributed by atoms with Gasteiger partial charge < -0.3 is 4.74 Å². The predicted molar refractivity (Wildman–Crippen MR) is 68.8 cm³/mol. The van der Waals surface area contributed by atoms with Crippen LogP contribution >= 0.6 is 11.6 Å². The molecule has 2 fully saturated rings. The highest BCUT2D eigenvalue weighted by Crippen LogP contribution is 2.46. The van der Waals surface area contributed by atoms with Gasteiger partial charge in [0.1, 0.15) is 5.75 Å². The van der Waals surface area contributed by atoms with E-state index in [0.29, 0.717) is 11.1 Å². The summed E-state index contributed by atoms with van der Waals surface area (Å²) in [5.74, 6) is 0.729. The third kappa shape index (κ3) is 2.05. The van der Waals surface area contributed by atoms with E-state index in [2.05, 4.69) is 4.99 Å². The van der Waals surface area contributed by atoms with Crippen molar-refractivity contribution in [1.29, 1.82) is 0 Å². The van der Waals surface area contributed by atoms with E-state index in [-0.39, 0.29) is 5.54 Å². The molecule has 1 aromatic carbocycles. The Hall–Kier alpha value is -1.31. The first-order valence-electron chi connectivity index (χ1n) is 6.29. The Morgan fingerprint density at radius 1 is 1.39 bits per heavy atom. The van der Waals surface area contributed by atoms with Gasteiger partial charge in [0.25, 0.3) is 0 Å². The lowest BCUT2D eigenvalue weighted by atomic mass is 9.72. The molecule has 0 spiro atoms. The summed E-state index contributed by atoms with van der Waals surface area (Å²) in [5, 5.41) is 0.603. The lowest BCUT2D eigenvalue weighted by Crippen LogP contribution is -2.31. The number of hydrogen-bond acceptors (Lipinski definition) is 3. The summed E-state index contributed by atoms with van der Waals surface area (Å²) in [5.41, 5.74) is 0.606. The SMILES string of the molecule is O=C=NC1(c2ccc(OC3CC3)c(Cl)c2)CCC1. The third-order valence-electron chi connectivity index (χ3n) is 3.73. The monoisotopic (exact) mass is 263 g/mol. The molecule has 0 N–H and O–H groups in total. The maximum absolute atomic E-state index is 10.5. The van der Waals surface area contributed by atoms with Gasteiger partial charge >= 0.3 is 0 Å². The van der Waals surface area contributed by atoms with Crippen molar-refractivity contribution in [3.05, 3.63) is 28.8 Å². The average molecular weight is 264 g/mol. The van der Waals surface area contributed by atoms with E-state index < -0.39 is 0 Å². The summed E-state index contributed by atoms with van der Waals surface area (Å²) in [6, 6.07) is 5.72. The van der Waals surface area contributed by atoms with Crippen LogP contribution in [0.1, 0.15) is 37.7 Å². The summed E-state index contributed by atoms with van der Waals surface area (Å²) in [6.45, 7) is 0. The number of hydrogen-bond donors (Lipinski definition) is 0. The number of halogens is 1. The van der Waals surface area contributed by atoms with E-state index >= 15 is 0 Å². The molecule has 0 radical (unpaired) electrons. The first-order chi connectivity index (χ1) is 8.73. The molecule has 3 rings (SSSR count). The molecule has 0 bridgehead atoms. The number of ether oxygens (including phenoxy) is 1. The molecule has 1 aromatic rings. The molecule has 2 aliphatic rings. The second-order valence-electron chi connectivity index (χ2n) is 5.05. The van der Waals surface area contributed by atoms with Crippen molar-refractivity contribution in [3.63, 3.8) is 0 Å². The topological polar surface area (TPSA) is 38.7 Å². The van der Waals surface area contributed by atoms with Gasteiger partial charge in [-0.15, -0.1) is 0 Å². The van der Waals surface area contributed by atoms with Crippen molar-refractivity contribution < 1.29 is 9.53 Å². The van der Waals surface area contributed by atoms with Crippen LogP contribution in [0.3, 0.4) is 0 Å². The van der Waals surface area contributed by atoms with Crippen LogP contribution in [0.15, 0.2) is 23.2 Å². The second kappa shape index (κ2) is 4.42. The molecule has 0 atom stereocenters. The predicted octanol–water partition coefficient (Wildman–Crippen LogP) is 3.60. The minimum absolute atomic E-state index is 0.332. The summed E-state index contributed by atoms with van der Waals surface area (Å²) in [7, 11) is 0. The van der Waals surface area contributed by atoms with Crippen molar-refractivity contribution in [2.75, 3.05) is 0 Å². The number of rotatable bonds is 4. The number of isocyanates is 1. The van der Waals surface area contributed by atoms with Crippen LogP contribution < -0.4 is 4.74 Å². The zero-order valence-electron chi connectivity index (χ0n) is 9.99. The lowest BCUT2D eigenvalue weighted by Gasteiger charge is -2.37. The normalized spacial score (nSPS) is 20.7. The van der Waals surface area contributed by atoms with Gasteiger partial charge in [0.05, 0.1) is 16.7 Å². The standard InChI is InChI=1S/C14H14ClNO2/c15-12-8-10(14(16-9-17)6-1-7-14)2-5-13(12)18-11-3-4-11/h2,5,8,11H,1,3-4,6-7H2. The van der Waals surface area contributed by atoms with E-state index in [1.54, 1.807) is 6.08 Å². The molecule has 2 aliphatic carbocycles. The third-order valence-corrected chi connectivity index (χ3v) is 4.02. The van der Waals surface area contributed by atoms with Crippen molar-refractivity contribution >= 4 is 17.7 Å². The van der Waals surface area contributed by atoms with E-state index in [0.717, 1.165) is 43.4 Å². The van der Waals surface area contributed by atoms with Crippen molar-refractivity contribution in [1.82, 2.24) is 0 Å². The Labute approximate surface area is 111 Å². The quantitative estimate of drug-likeness (QED) is 0.615. The fourth-order valence-corrected chi connectivity index (χ4v) is 2.54. The van der Waals surface area contributed by atoms with Gasteiger partial charge in [-0.05, 0) is 49.8 Å². The summed E-state index contributed by atoms with van der Waals surface area (Å²) >= 11 is 6.22. The van der Waals surface area contributed by atoms with Gasteiger partial charge in [-0.25, -0.2) is 4.79 Å². The van der Waals surface area contributed by atoms with Crippen LogP contribution in [-0.4, -0.2) is 12.2 Å². The fourth-order valence-electron chi connectivity index (χ4n) is 2.32. The Balaban J connectivity index is 1.88. The molecule has 3 nitrogen and oxygen atoms in total. The van der Waals surface area contributed by atoms with Crippen molar-refractivity contribution in [3.8, 4) is 5.75 Å². The molecule has 4 heteroatoms. The number of nitrogens with zero attached hydrogens (tertiary/aromatic N) is 1.